The number of nitrogens with two attached hydrogens (primary N) is 2. The van der Waals surface area contributed by atoms with Crippen molar-refractivity contribution in [3.05, 3.63) is 45.9 Å². The molecule has 10 nitrogen and oxygen atoms in total. The Morgan fingerprint density at radius 3 is 1.95 bits per heavy atom. The van der Waals surface area contributed by atoms with Crippen molar-refractivity contribution in [2.24, 2.45) is 11.5 Å². The van der Waals surface area contributed by atoms with Crippen LogP contribution in [0.5, 0.6) is 5.75 Å². The topological polar surface area (TPSA) is 159 Å². The summed E-state index contributed by atoms with van der Waals surface area (Å²) in [6.45, 7) is 3.28. The Kier molecular flexibility index (Phi) is 18.4. The molecule has 37 heavy (non-hydrogen) atoms. The van der Waals surface area contributed by atoms with Crippen molar-refractivity contribution in [2.45, 2.75) is 51.9 Å². The number of halogens is 4. The van der Waals surface area contributed by atoms with E-state index in [2.05, 4.69) is 4.98 Å². The molecule has 3 rings (SSSR count). The molecule has 2 aromatic rings. The molecular weight excluding hydrogens is 562 g/mol. The van der Waals surface area contributed by atoms with Gasteiger partial charge in [-0.15, -0.1) is 12.4 Å². The fraction of sp³-hybridized carbons (Fsp3) is 0.478. The summed E-state index contributed by atoms with van der Waals surface area (Å²) in [6, 6.07) is 2.97. The number of ether oxygens (including phenoxy) is 1. The third-order valence-corrected chi connectivity index (χ3v) is 5.61. The van der Waals surface area contributed by atoms with Crippen molar-refractivity contribution >= 4 is 65.2 Å². The second-order valence-corrected chi connectivity index (χ2v) is 9.11. The first kappa shape index (κ1) is 34.6. The number of nitrogens with one attached hydrogen (secondary N) is 3. The average molecular weight is 598 g/mol. The van der Waals surface area contributed by atoms with Crippen molar-refractivity contribution < 1.29 is 9.53 Å². The lowest BCUT2D eigenvalue weighted by Crippen LogP contribution is -2.39. The van der Waals surface area contributed by atoms with Gasteiger partial charge >= 0.3 is 6.03 Å². The summed E-state index contributed by atoms with van der Waals surface area (Å²) in [5, 5.41) is 16.1. The van der Waals surface area contributed by atoms with Crippen LogP contribution in [0.4, 0.5) is 4.79 Å². The first-order valence-corrected chi connectivity index (χ1v) is 12.8. The van der Waals surface area contributed by atoms with Crippen LogP contribution in [0.2, 0.25) is 15.1 Å². The minimum absolute atomic E-state index is 0. The number of nitrogens with zero attached hydrogens (tertiary/aromatic N) is 3. The van der Waals surface area contributed by atoms with Crippen molar-refractivity contribution in [3.63, 3.8) is 0 Å². The van der Waals surface area contributed by atoms with Crippen LogP contribution in [0.25, 0.3) is 0 Å². The van der Waals surface area contributed by atoms with E-state index in [1.165, 1.54) is 49.4 Å². The number of hydrogen-bond acceptors (Lipinski definition) is 5. The Morgan fingerprint density at radius 2 is 1.57 bits per heavy atom. The molecule has 0 radical (unpaired) electrons. The van der Waals surface area contributed by atoms with Gasteiger partial charge in [0.15, 0.2) is 17.7 Å². The van der Waals surface area contributed by atoms with Crippen LogP contribution in [-0.2, 0) is 0 Å². The molecular formula is C23H36Cl4N8O2. The molecule has 1 aromatic carbocycles. The average Bonchev–Trinajstić information content (AvgIpc) is 3.36. The molecule has 0 unspecified atom stereocenters. The van der Waals surface area contributed by atoms with Crippen LogP contribution < -0.4 is 21.5 Å². The summed E-state index contributed by atoms with van der Waals surface area (Å²) in [4.78, 5) is 17.9. The number of benzene rings is 1. The molecule has 0 aliphatic heterocycles. The SMILES string of the molecule is C1CCCCC1.CCCN(CCOc1c(Cl)cc(Cl)cc1Cl)C(=O)n1ccnc1.Cl.N=C(N)NC(=N)N. The lowest BCUT2D eigenvalue weighted by Gasteiger charge is -2.22. The molecule has 1 fully saturated rings. The highest BCUT2D eigenvalue weighted by Gasteiger charge is 2.15. The lowest BCUT2D eigenvalue weighted by atomic mass is 10.0. The third kappa shape index (κ3) is 14.8. The van der Waals surface area contributed by atoms with Crippen molar-refractivity contribution in [1.82, 2.24) is 19.8 Å². The van der Waals surface area contributed by atoms with E-state index in [1.54, 1.807) is 29.4 Å². The molecule has 1 aliphatic carbocycles. The highest BCUT2D eigenvalue weighted by molar-refractivity contribution is 6.40. The maximum atomic E-state index is 12.3. The molecule has 208 valence electrons. The maximum Gasteiger partial charge on any atom is 0.329 e. The molecule has 0 atom stereocenters. The smallest absolute Gasteiger partial charge is 0.329 e. The second kappa shape index (κ2) is 19.7. The van der Waals surface area contributed by atoms with E-state index in [1.807, 2.05) is 12.2 Å². The van der Waals surface area contributed by atoms with Gasteiger partial charge in [0.05, 0.1) is 16.6 Å². The van der Waals surface area contributed by atoms with E-state index in [-0.39, 0.29) is 37.0 Å². The summed E-state index contributed by atoms with van der Waals surface area (Å²) in [7, 11) is 0. The van der Waals surface area contributed by atoms with E-state index < -0.39 is 0 Å². The minimum atomic E-state index is -0.312. The Morgan fingerprint density at radius 1 is 1.05 bits per heavy atom. The van der Waals surface area contributed by atoms with Gasteiger partial charge in [-0.3, -0.25) is 20.7 Å². The molecule has 0 spiro atoms. The van der Waals surface area contributed by atoms with Gasteiger partial charge in [-0.05, 0) is 18.6 Å². The highest BCUT2D eigenvalue weighted by atomic mass is 35.5. The third-order valence-electron chi connectivity index (χ3n) is 4.83. The van der Waals surface area contributed by atoms with Gasteiger partial charge in [0.1, 0.15) is 12.9 Å². The quantitative estimate of drug-likeness (QED) is 0.211. The molecule has 0 bridgehead atoms. The fourth-order valence-electron chi connectivity index (χ4n) is 3.24. The zero-order valence-electron chi connectivity index (χ0n) is 20.8. The van der Waals surface area contributed by atoms with Crippen molar-refractivity contribution in [1.29, 1.82) is 10.8 Å². The molecule has 1 saturated carbocycles. The monoisotopic (exact) mass is 596 g/mol. The van der Waals surface area contributed by atoms with Gasteiger partial charge in [0, 0.05) is 24.0 Å². The van der Waals surface area contributed by atoms with Crippen LogP contribution >= 0.6 is 47.2 Å². The van der Waals surface area contributed by atoms with Gasteiger partial charge in [-0.25, -0.2) is 9.78 Å². The van der Waals surface area contributed by atoms with E-state index >= 15 is 0 Å². The number of rotatable bonds is 6. The first-order chi connectivity index (χ1) is 17.1. The molecule has 1 heterocycles. The number of aromatic nitrogens is 2. The lowest BCUT2D eigenvalue weighted by molar-refractivity contribution is 0.184. The fourth-order valence-corrected chi connectivity index (χ4v) is 4.17. The van der Waals surface area contributed by atoms with Gasteiger partial charge in [-0.1, -0.05) is 80.3 Å². The van der Waals surface area contributed by atoms with E-state index in [4.69, 9.17) is 61.8 Å². The Hall–Kier alpha value is -2.40. The summed E-state index contributed by atoms with van der Waals surface area (Å²) in [5.41, 5.74) is 9.49. The number of imidazole rings is 1. The van der Waals surface area contributed by atoms with Gasteiger partial charge in [-0.2, -0.15) is 0 Å². The normalized spacial score (nSPS) is 11.9. The minimum Gasteiger partial charge on any atom is -0.489 e. The standard InChI is InChI=1S/C15H16Cl3N3O2.C6H12.C2H7N5.ClH/c1-2-4-20(15(22)21-5-3-19-10-21)6-7-23-14-12(17)8-11(16)9-13(14)18;1-2-4-6-5-3-1;3-1(4)7-2(5)6;/h3,5,8-10H,2,4,6-7H2,1H3;1-6H2;(H7,3,4,5,6,7);1H. The summed E-state index contributed by atoms with van der Waals surface area (Å²) < 4.78 is 7.05. The Balaban J connectivity index is 0.000000759. The number of carbonyl (C=O) groups is 1. The van der Waals surface area contributed by atoms with E-state index in [0.717, 1.165) is 6.42 Å². The second-order valence-electron chi connectivity index (χ2n) is 7.86. The Bertz CT molecular complexity index is 910. The van der Waals surface area contributed by atoms with E-state index in [9.17, 15) is 4.79 Å². The van der Waals surface area contributed by atoms with Crippen molar-refractivity contribution in [2.75, 3.05) is 19.7 Å². The van der Waals surface area contributed by atoms with Crippen LogP contribution in [0.15, 0.2) is 30.9 Å². The number of guanidine groups is 2. The van der Waals surface area contributed by atoms with Crippen molar-refractivity contribution in [3.8, 4) is 5.75 Å². The highest BCUT2D eigenvalue weighted by Crippen LogP contribution is 2.35. The zero-order valence-corrected chi connectivity index (χ0v) is 23.9. The molecule has 1 aromatic heterocycles. The van der Waals surface area contributed by atoms with Crippen LogP contribution in [0.1, 0.15) is 51.9 Å². The predicted molar refractivity (Wildman–Crippen MR) is 154 cm³/mol. The molecule has 1 amide bonds. The Labute approximate surface area is 239 Å². The molecule has 14 heteroatoms. The van der Waals surface area contributed by atoms with Crippen LogP contribution in [0.3, 0.4) is 0 Å². The van der Waals surface area contributed by atoms with Crippen LogP contribution in [-0.4, -0.2) is 52.1 Å². The molecule has 0 saturated heterocycles. The summed E-state index contributed by atoms with van der Waals surface area (Å²) >= 11 is 18.0. The van der Waals surface area contributed by atoms with Crippen LogP contribution in [0, 0.1) is 10.8 Å². The number of amides is 1. The summed E-state index contributed by atoms with van der Waals surface area (Å²) in [5.74, 6) is -0.260. The van der Waals surface area contributed by atoms with Gasteiger partial charge in [0.25, 0.3) is 0 Å². The van der Waals surface area contributed by atoms with Gasteiger partial charge in [0.2, 0.25) is 0 Å². The zero-order chi connectivity index (χ0) is 26.9. The summed E-state index contributed by atoms with van der Waals surface area (Å²) in [6.07, 6.45) is 14.5. The van der Waals surface area contributed by atoms with Gasteiger partial charge < -0.3 is 21.1 Å². The maximum absolute atomic E-state index is 12.3. The predicted octanol–water partition coefficient (Wildman–Crippen LogP) is 5.73. The number of carbonyl (C=O) groups excluding carboxylic acids is 1. The molecule has 1 aliphatic rings. The number of hydrogen-bond donors (Lipinski definition) is 5. The largest absolute Gasteiger partial charge is 0.489 e. The molecule has 7 N–H and O–H groups in total. The van der Waals surface area contributed by atoms with E-state index in [0.29, 0.717) is 33.9 Å². The first-order valence-electron chi connectivity index (χ1n) is 11.6.